The van der Waals surface area contributed by atoms with E-state index < -0.39 is 0 Å². The summed E-state index contributed by atoms with van der Waals surface area (Å²) in [6.45, 7) is 2.04. The predicted octanol–water partition coefficient (Wildman–Crippen LogP) is 5.07. The number of hydrogen-bond donors (Lipinski definition) is 1. The summed E-state index contributed by atoms with van der Waals surface area (Å²) in [4.78, 5) is 0. The van der Waals surface area contributed by atoms with E-state index in [-0.39, 0.29) is 11.8 Å². The summed E-state index contributed by atoms with van der Waals surface area (Å²) in [5.74, 6) is 0.270. The molecule has 1 atom stereocenters. The molecule has 1 aliphatic heterocycles. The highest BCUT2D eigenvalue weighted by Crippen LogP contribution is 2.47. The summed E-state index contributed by atoms with van der Waals surface area (Å²) in [7, 11) is 0. The maximum atomic E-state index is 9.96. The molecule has 0 saturated heterocycles. The molecule has 1 unspecified atom stereocenters. The van der Waals surface area contributed by atoms with Crippen LogP contribution in [0.5, 0.6) is 5.88 Å². The second-order valence-corrected chi connectivity index (χ2v) is 7.52. The number of nitrogens with zero attached hydrogens (tertiary/aromatic N) is 3. The fraction of sp³-hybridized carbons (Fsp3) is 0.0769. The molecule has 2 N–H and O–H groups in total. The number of rotatable bonds is 3. The number of benzene rings is 3. The molecule has 5 heteroatoms. The lowest BCUT2D eigenvalue weighted by Gasteiger charge is -2.25. The minimum atomic E-state index is -0.373. The Morgan fingerprint density at radius 1 is 0.935 bits per heavy atom. The lowest BCUT2D eigenvalue weighted by Crippen LogP contribution is -2.22. The Bertz CT molecular complexity index is 1310. The number of aryl methyl sites for hydroxylation is 1. The average Bonchev–Trinajstić information content (AvgIpc) is 3.19. The number of para-hydroxylation sites is 1. The molecule has 31 heavy (non-hydrogen) atoms. The topological polar surface area (TPSA) is 76.9 Å². The van der Waals surface area contributed by atoms with Crippen LogP contribution < -0.4 is 10.5 Å². The van der Waals surface area contributed by atoms with Crippen molar-refractivity contribution in [1.82, 2.24) is 9.78 Å². The molecule has 3 aromatic carbocycles. The molecule has 1 aliphatic rings. The van der Waals surface area contributed by atoms with Gasteiger partial charge in [0.2, 0.25) is 11.8 Å². The van der Waals surface area contributed by atoms with Crippen molar-refractivity contribution < 1.29 is 4.74 Å². The maximum absolute atomic E-state index is 9.96. The van der Waals surface area contributed by atoms with E-state index in [0.717, 1.165) is 33.6 Å². The van der Waals surface area contributed by atoms with E-state index in [1.54, 1.807) is 4.68 Å². The van der Waals surface area contributed by atoms with Crippen molar-refractivity contribution in [2.45, 2.75) is 12.8 Å². The van der Waals surface area contributed by atoms with E-state index in [2.05, 4.69) is 6.07 Å². The molecular formula is C26H20N4O. The summed E-state index contributed by atoms with van der Waals surface area (Å²) in [5.41, 5.74) is 12.2. The van der Waals surface area contributed by atoms with E-state index in [1.165, 1.54) is 0 Å². The van der Waals surface area contributed by atoms with Crippen LogP contribution in [0.25, 0.3) is 16.9 Å². The molecule has 0 amide bonds. The lowest BCUT2D eigenvalue weighted by atomic mass is 9.83. The molecule has 4 aromatic rings. The standard InChI is InChI=1S/C26H20N4O/c1-17-12-14-18(15-13-17)22-21(16-27)25(28)31-26-23(22)24(19-8-4-2-5-9-19)29-30(26)20-10-6-3-7-11-20/h2-15,22H,28H2,1H3. The fourth-order valence-electron chi connectivity index (χ4n) is 3.98. The molecule has 0 bridgehead atoms. The van der Waals surface area contributed by atoms with E-state index in [4.69, 9.17) is 15.6 Å². The van der Waals surface area contributed by atoms with Crippen molar-refractivity contribution in [2.75, 3.05) is 0 Å². The first-order valence-electron chi connectivity index (χ1n) is 10.1. The lowest BCUT2D eigenvalue weighted by molar-refractivity contribution is 0.367. The van der Waals surface area contributed by atoms with Gasteiger partial charge in [0, 0.05) is 5.56 Å². The summed E-state index contributed by atoms with van der Waals surface area (Å²) in [5, 5.41) is 14.9. The number of hydrogen-bond acceptors (Lipinski definition) is 4. The van der Waals surface area contributed by atoms with Gasteiger partial charge >= 0.3 is 0 Å². The monoisotopic (exact) mass is 404 g/mol. The van der Waals surface area contributed by atoms with Crippen molar-refractivity contribution in [3.63, 3.8) is 0 Å². The van der Waals surface area contributed by atoms with Crippen molar-refractivity contribution in [3.05, 3.63) is 113 Å². The number of fused-ring (bicyclic) bond motifs is 1. The van der Waals surface area contributed by atoms with Gasteiger partial charge in [-0.05, 0) is 24.6 Å². The van der Waals surface area contributed by atoms with Crippen LogP contribution >= 0.6 is 0 Å². The van der Waals surface area contributed by atoms with Gasteiger partial charge in [0.05, 0.1) is 17.2 Å². The first-order valence-corrected chi connectivity index (χ1v) is 10.1. The van der Waals surface area contributed by atoms with Crippen LogP contribution in [0.3, 0.4) is 0 Å². The highest BCUT2D eigenvalue weighted by atomic mass is 16.5. The van der Waals surface area contributed by atoms with Gasteiger partial charge in [0.25, 0.3) is 0 Å². The molecule has 0 spiro atoms. The van der Waals surface area contributed by atoms with Crippen molar-refractivity contribution >= 4 is 0 Å². The Balaban J connectivity index is 1.83. The predicted molar refractivity (Wildman–Crippen MR) is 119 cm³/mol. The zero-order valence-corrected chi connectivity index (χ0v) is 17.0. The van der Waals surface area contributed by atoms with Crippen LogP contribution in [-0.2, 0) is 0 Å². The van der Waals surface area contributed by atoms with Crippen LogP contribution in [-0.4, -0.2) is 9.78 Å². The first-order chi connectivity index (χ1) is 15.2. The van der Waals surface area contributed by atoms with Crippen molar-refractivity contribution in [3.8, 4) is 28.9 Å². The number of aromatic nitrogens is 2. The Kier molecular flexibility index (Phi) is 4.53. The minimum Gasteiger partial charge on any atom is -0.422 e. The zero-order chi connectivity index (χ0) is 21.4. The van der Waals surface area contributed by atoms with Gasteiger partial charge < -0.3 is 10.5 Å². The number of ether oxygens (including phenoxy) is 1. The molecule has 0 fully saturated rings. The summed E-state index contributed by atoms with van der Waals surface area (Å²) in [6.07, 6.45) is 0. The highest BCUT2D eigenvalue weighted by molar-refractivity contribution is 5.72. The summed E-state index contributed by atoms with van der Waals surface area (Å²) >= 11 is 0. The van der Waals surface area contributed by atoms with Gasteiger partial charge in [-0.25, -0.2) is 0 Å². The normalized spacial score (nSPS) is 15.2. The van der Waals surface area contributed by atoms with Crippen molar-refractivity contribution in [2.24, 2.45) is 5.73 Å². The molecule has 150 valence electrons. The molecule has 5 nitrogen and oxygen atoms in total. The van der Waals surface area contributed by atoms with Crippen molar-refractivity contribution in [1.29, 1.82) is 5.26 Å². The molecule has 0 saturated carbocycles. The van der Waals surface area contributed by atoms with Crippen LogP contribution in [0.4, 0.5) is 0 Å². The van der Waals surface area contributed by atoms with Crippen LogP contribution in [0.15, 0.2) is 96.4 Å². The minimum absolute atomic E-state index is 0.109. The Morgan fingerprint density at radius 2 is 1.58 bits per heavy atom. The SMILES string of the molecule is Cc1ccc(C2C(C#N)=C(N)Oc3c2c(-c2ccccc2)nn3-c2ccccc2)cc1. The molecule has 0 aliphatic carbocycles. The van der Waals surface area contributed by atoms with Crippen LogP contribution in [0.1, 0.15) is 22.6 Å². The molecule has 0 radical (unpaired) electrons. The smallest absolute Gasteiger partial charge is 0.229 e. The van der Waals surface area contributed by atoms with E-state index in [1.807, 2.05) is 91.9 Å². The molecule has 5 rings (SSSR count). The number of nitrogens with two attached hydrogens (primary N) is 1. The number of allylic oxidation sites excluding steroid dienone is 1. The largest absolute Gasteiger partial charge is 0.422 e. The van der Waals surface area contributed by atoms with Gasteiger partial charge in [0.15, 0.2) is 0 Å². The zero-order valence-electron chi connectivity index (χ0n) is 17.0. The molecule has 2 heterocycles. The Labute approximate surface area is 180 Å². The van der Waals surface area contributed by atoms with Crippen LogP contribution in [0, 0.1) is 18.3 Å². The third-order valence-corrected chi connectivity index (χ3v) is 5.51. The highest BCUT2D eigenvalue weighted by Gasteiger charge is 2.37. The summed E-state index contributed by atoms with van der Waals surface area (Å²) in [6, 6.07) is 30.2. The summed E-state index contributed by atoms with van der Waals surface area (Å²) < 4.78 is 7.80. The molecule has 1 aromatic heterocycles. The van der Waals surface area contributed by atoms with Gasteiger partial charge in [-0.15, -0.1) is 0 Å². The third kappa shape index (κ3) is 3.15. The second kappa shape index (κ2) is 7.51. The second-order valence-electron chi connectivity index (χ2n) is 7.52. The fourth-order valence-corrected chi connectivity index (χ4v) is 3.98. The van der Waals surface area contributed by atoms with Gasteiger partial charge in [0.1, 0.15) is 17.3 Å². The maximum Gasteiger partial charge on any atom is 0.229 e. The van der Waals surface area contributed by atoms with Crippen LogP contribution in [0.2, 0.25) is 0 Å². The third-order valence-electron chi connectivity index (χ3n) is 5.51. The number of nitriles is 1. The van der Waals surface area contributed by atoms with E-state index >= 15 is 0 Å². The van der Waals surface area contributed by atoms with E-state index in [9.17, 15) is 5.26 Å². The van der Waals surface area contributed by atoms with Gasteiger partial charge in [-0.2, -0.15) is 15.0 Å². The average molecular weight is 404 g/mol. The Morgan fingerprint density at radius 3 is 2.23 bits per heavy atom. The first kappa shape index (κ1) is 18.7. The molecular weight excluding hydrogens is 384 g/mol. The van der Waals surface area contributed by atoms with E-state index in [0.29, 0.717) is 11.5 Å². The van der Waals surface area contributed by atoms with Gasteiger partial charge in [-0.3, -0.25) is 0 Å². The van der Waals surface area contributed by atoms with Gasteiger partial charge in [-0.1, -0.05) is 78.4 Å². The Hall–Kier alpha value is -4.30. The quantitative estimate of drug-likeness (QED) is 0.517.